The molecule has 33 heavy (non-hydrogen) atoms. The van der Waals surface area contributed by atoms with E-state index >= 15 is 0 Å². The normalized spacial score (nSPS) is 14.3. The number of aryl methyl sites for hydroxylation is 1. The summed E-state index contributed by atoms with van der Waals surface area (Å²) < 4.78 is 29.4. The third kappa shape index (κ3) is 7.96. The Morgan fingerprint density at radius 1 is 1.03 bits per heavy atom. The van der Waals surface area contributed by atoms with E-state index in [0.717, 1.165) is 24.4 Å². The number of carbonyl (C=O) groups excluding carboxylic acids is 2. The number of morpholine rings is 1. The van der Waals surface area contributed by atoms with Crippen LogP contribution in [0.25, 0.3) is 0 Å². The van der Waals surface area contributed by atoms with Crippen molar-refractivity contribution in [3.8, 4) is 0 Å². The Kier molecular flexibility index (Phi) is 9.41. The molecule has 1 aromatic heterocycles. The van der Waals surface area contributed by atoms with E-state index in [2.05, 4.69) is 4.90 Å². The molecule has 0 saturated carbocycles. The first-order chi connectivity index (χ1) is 15.9. The Balaban J connectivity index is 1.70. The number of hydrogen-bond acceptors (Lipinski definition) is 6. The van der Waals surface area contributed by atoms with Gasteiger partial charge in [0, 0.05) is 39.8 Å². The summed E-state index contributed by atoms with van der Waals surface area (Å²) >= 11 is 0. The maximum Gasteiger partial charge on any atom is 0.249 e. The molecular formula is C24H32FN3O5. The van der Waals surface area contributed by atoms with E-state index in [1.807, 2.05) is 19.1 Å². The van der Waals surface area contributed by atoms with Gasteiger partial charge in [0.1, 0.15) is 23.9 Å². The number of furan rings is 1. The summed E-state index contributed by atoms with van der Waals surface area (Å²) in [5.41, 5.74) is 0.788. The molecule has 0 bridgehead atoms. The molecule has 9 heteroatoms. The van der Waals surface area contributed by atoms with Crippen LogP contribution in [-0.2, 0) is 32.2 Å². The second kappa shape index (κ2) is 12.5. The second-order valence-electron chi connectivity index (χ2n) is 8.09. The molecule has 1 aliphatic rings. The van der Waals surface area contributed by atoms with Crippen LogP contribution in [0.4, 0.5) is 4.39 Å². The third-order valence-electron chi connectivity index (χ3n) is 5.52. The van der Waals surface area contributed by atoms with E-state index in [0.29, 0.717) is 32.1 Å². The highest BCUT2D eigenvalue weighted by Gasteiger charge is 2.23. The van der Waals surface area contributed by atoms with E-state index in [9.17, 15) is 14.0 Å². The quantitative estimate of drug-likeness (QED) is 0.510. The second-order valence-corrected chi connectivity index (χ2v) is 8.09. The lowest BCUT2D eigenvalue weighted by Crippen LogP contribution is -2.47. The number of amides is 2. The van der Waals surface area contributed by atoms with Gasteiger partial charge in [-0.05, 0) is 36.8 Å². The number of hydrogen-bond donors (Lipinski definition) is 0. The van der Waals surface area contributed by atoms with Gasteiger partial charge >= 0.3 is 0 Å². The molecule has 1 aliphatic heterocycles. The first-order valence-corrected chi connectivity index (χ1v) is 11.1. The standard InChI is InChI=1S/C24H32FN3O5/c1-19-3-8-22(33-19)16-28(15-20-4-6-21(25)7-5-20)23(29)17-27(24(30)18-31-2)10-9-26-11-13-32-14-12-26/h3-8H,9-18H2,1-2H3. The van der Waals surface area contributed by atoms with Crippen LogP contribution in [0, 0.1) is 12.7 Å². The molecule has 0 radical (unpaired) electrons. The van der Waals surface area contributed by atoms with E-state index in [-0.39, 0.29) is 43.9 Å². The zero-order valence-electron chi connectivity index (χ0n) is 19.3. The van der Waals surface area contributed by atoms with Crippen molar-refractivity contribution < 1.29 is 27.9 Å². The van der Waals surface area contributed by atoms with Gasteiger partial charge in [-0.1, -0.05) is 12.1 Å². The molecule has 1 saturated heterocycles. The maximum absolute atomic E-state index is 13.3. The molecule has 0 atom stereocenters. The van der Waals surface area contributed by atoms with Crippen molar-refractivity contribution in [1.82, 2.24) is 14.7 Å². The zero-order valence-corrected chi connectivity index (χ0v) is 19.3. The van der Waals surface area contributed by atoms with Gasteiger partial charge in [-0.25, -0.2) is 4.39 Å². The predicted molar refractivity (Wildman–Crippen MR) is 120 cm³/mol. The Hall–Kier alpha value is -2.75. The molecule has 3 rings (SSSR count). The Bertz CT molecular complexity index is 896. The molecule has 0 aliphatic carbocycles. The summed E-state index contributed by atoms with van der Waals surface area (Å²) in [5.74, 6) is 0.597. The maximum atomic E-state index is 13.3. The molecule has 0 unspecified atom stereocenters. The van der Waals surface area contributed by atoms with Crippen LogP contribution < -0.4 is 0 Å². The number of ether oxygens (including phenoxy) is 2. The predicted octanol–water partition coefficient (Wildman–Crippen LogP) is 2.06. The number of carbonyl (C=O) groups is 2. The highest BCUT2D eigenvalue weighted by molar-refractivity contribution is 5.85. The minimum absolute atomic E-state index is 0.0760. The summed E-state index contributed by atoms with van der Waals surface area (Å²) in [6.45, 7) is 6.20. The summed E-state index contributed by atoms with van der Waals surface area (Å²) in [5, 5.41) is 0. The molecule has 2 heterocycles. The van der Waals surface area contributed by atoms with Gasteiger partial charge in [-0.3, -0.25) is 14.5 Å². The van der Waals surface area contributed by atoms with Gasteiger partial charge in [0.25, 0.3) is 0 Å². The number of methoxy groups -OCH3 is 1. The van der Waals surface area contributed by atoms with Crippen molar-refractivity contribution in [2.45, 2.75) is 20.0 Å². The average molecular weight is 462 g/mol. The molecule has 1 fully saturated rings. The summed E-state index contributed by atoms with van der Waals surface area (Å²) in [6, 6.07) is 9.70. The van der Waals surface area contributed by atoms with Gasteiger partial charge in [-0.2, -0.15) is 0 Å². The van der Waals surface area contributed by atoms with Crippen molar-refractivity contribution in [2.24, 2.45) is 0 Å². The van der Waals surface area contributed by atoms with Crippen LogP contribution in [0.3, 0.4) is 0 Å². The van der Waals surface area contributed by atoms with Gasteiger partial charge in [0.05, 0.1) is 26.3 Å². The van der Waals surface area contributed by atoms with E-state index in [4.69, 9.17) is 13.9 Å². The summed E-state index contributed by atoms with van der Waals surface area (Å²) in [4.78, 5) is 31.4. The molecule has 180 valence electrons. The molecule has 1 aromatic carbocycles. The molecule has 0 N–H and O–H groups in total. The number of benzene rings is 1. The van der Waals surface area contributed by atoms with Crippen molar-refractivity contribution in [3.63, 3.8) is 0 Å². The smallest absolute Gasteiger partial charge is 0.249 e. The third-order valence-corrected chi connectivity index (χ3v) is 5.52. The van der Waals surface area contributed by atoms with Crippen molar-refractivity contribution >= 4 is 11.8 Å². The largest absolute Gasteiger partial charge is 0.464 e. The Labute approximate surface area is 193 Å². The first-order valence-electron chi connectivity index (χ1n) is 11.1. The highest BCUT2D eigenvalue weighted by atomic mass is 19.1. The van der Waals surface area contributed by atoms with Crippen LogP contribution in [0.15, 0.2) is 40.8 Å². The van der Waals surface area contributed by atoms with Crippen LogP contribution >= 0.6 is 0 Å². The lowest BCUT2D eigenvalue weighted by molar-refractivity contribution is -0.143. The minimum Gasteiger partial charge on any atom is -0.464 e. The fourth-order valence-electron chi connectivity index (χ4n) is 3.66. The number of nitrogens with zero attached hydrogens (tertiary/aromatic N) is 3. The van der Waals surface area contributed by atoms with Gasteiger partial charge in [0.2, 0.25) is 11.8 Å². The number of halogens is 1. The lowest BCUT2D eigenvalue weighted by atomic mass is 10.2. The van der Waals surface area contributed by atoms with E-state index in [1.165, 1.54) is 24.1 Å². The van der Waals surface area contributed by atoms with Crippen LogP contribution in [0.2, 0.25) is 0 Å². The molecular weight excluding hydrogens is 429 g/mol. The van der Waals surface area contributed by atoms with Crippen molar-refractivity contribution in [3.05, 3.63) is 59.3 Å². The van der Waals surface area contributed by atoms with Crippen LogP contribution in [0.5, 0.6) is 0 Å². The minimum atomic E-state index is -0.335. The van der Waals surface area contributed by atoms with Crippen molar-refractivity contribution in [2.75, 3.05) is 59.7 Å². The van der Waals surface area contributed by atoms with Crippen LogP contribution in [-0.4, -0.2) is 86.2 Å². The summed E-state index contributed by atoms with van der Waals surface area (Å²) in [7, 11) is 1.46. The zero-order chi connectivity index (χ0) is 23.6. The molecule has 2 amide bonds. The fourth-order valence-corrected chi connectivity index (χ4v) is 3.66. The molecule has 2 aromatic rings. The number of rotatable bonds is 11. The van der Waals surface area contributed by atoms with E-state index in [1.54, 1.807) is 17.0 Å². The SMILES string of the molecule is COCC(=O)N(CCN1CCOCC1)CC(=O)N(Cc1ccc(F)cc1)Cc1ccc(C)o1. The monoisotopic (exact) mass is 461 g/mol. The highest BCUT2D eigenvalue weighted by Crippen LogP contribution is 2.14. The Morgan fingerprint density at radius 2 is 1.76 bits per heavy atom. The topological polar surface area (TPSA) is 75.5 Å². The van der Waals surface area contributed by atoms with Gasteiger partial charge < -0.3 is 23.7 Å². The molecule has 0 spiro atoms. The van der Waals surface area contributed by atoms with E-state index < -0.39 is 0 Å². The van der Waals surface area contributed by atoms with Crippen molar-refractivity contribution in [1.29, 1.82) is 0 Å². The fraction of sp³-hybridized carbons (Fsp3) is 0.500. The summed E-state index contributed by atoms with van der Waals surface area (Å²) in [6.07, 6.45) is 0. The average Bonchev–Trinajstić information content (AvgIpc) is 3.22. The van der Waals surface area contributed by atoms with Crippen LogP contribution in [0.1, 0.15) is 17.1 Å². The van der Waals surface area contributed by atoms with Gasteiger partial charge in [-0.15, -0.1) is 0 Å². The lowest BCUT2D eigenvalue weighted by Gasteiger charge is -2.31. The first kappa shape index (κ1) is 24.9. The Morgan fingerprint density at radius 3 is 2.39 bits per heavy atom. The molecule has 8 nitrogen and oxygen atoms in total. The van der Waals surface area contributed by atoms with Gasteiger partial charge in [0.15, 0.2) is 0 Å².